The highest BCUT2D eigenvalue weighted by molar-refractivity contribution is 8.09. The molecule has 18 heteroatoms. The zero-order valence-corrected chi connectivity index (χ0v) is 21.7. The Morgan fingerprint density at radius 2 is 2.05 bits per heavy atom. The van der Waals surface area contributed by atoms with Crippen LogP contribution >= 0.6 is 6.49 Å². The maximum absolute atomic E-state index is 15.2. The summed E-state index contributed by atoms with van der Waals surface area (Å²) in [4.78, 5) is 42.1. The number of fused-ring (bicyclic) bond motifs is 2. The van der Waals surface area contributed by atoms with Gasteiger partial charge < -0.3 is 44.4 Å². The van der Waals surface area contributed by atoms with Crippen molar-refractivity contribution in [1.82, 2.24) is 34.1 Å². The fraction of sp³-hybridized carbons (Fsp3) is 0.476. The first-order valence-electron chi connectivity index (χ1n) is 11.9. The molecule has 0 saturated carbocycles. The Morgan fingerprint density at radius 3 is 2.85 bits per heavy atom. The first-order chi connectivity index (χ1) is 18.7. The minimum atomic E-state index is -3.72. The summed E-state index contributed by atoms with van der Waals surface area (Å²) in [5.41, 5.74) is 5.15. The number of H-pyrrole nitrogens is 1. The van der Waals surface area contributed by atoms with Crippen LogP contribution in [0.4, 0.5) is 10.2 Å². The van der Waals surface area contributed by atoms with E-state index in [-0.39, 0.29) is 30.0 Å². The molecule has 6 N–H and O–H groups in total. The summed E-state index contributed by atoms with van der Waals surface area (Å²) in [5.74, 6) is 0.216. The second kappa shape index (κ2) is 9.94. The molecule has 8 atom stereocenters. The van der Waals surface area contributed by atoms with E-state index in [1.54, 1.807) is 6.07 Å². The number of rotatable bonds is 7. The maximum Gasteiger partial charge on any atom is 0.278 e. The molecule has 2 aliphatic heterocycles. The van der Waals surface area contributed by atoms with Crippen LogP contribution in [0.2, 0.25) is 0 Å². The lowest BCUT2D eigenvalue weighted by Crippen LogP contribution is -2.32. The highest BCUT2D eigenvalue weighted by Crippen LogP contribution is 2.57. The Kier molecular flexibility index (Phi) is 6.71. The number of nitrogens with two attached hydrogens (primary N) is 1. The van der Waals surface area contributed by atoms with Crippen LogP contribution < -0.4 is 11.3 Å². The van der Waals surface area contributed by atoms with Crippen molar-refractivity contribution in [2.24, 2.45) is 0 Å². The van der Waals surface area contributed by atoms with Gasteiger partial charge >= 0.3 is 0 Å². The molecule has 0 amide bonds. The van der Waals surface area contributed by atoms with Crippen molar-refractivity contribution >= 4 is 46.3 Å². The number of hydrogen-bond donors (Lipinski definition) is 5. The largest absolute Gasteiger partial charge is 0.394 e. The van der Waals surface area contributed by atoms with Gasteiger partial charge in [-0.2, -0.15) is 0 Å². The van der Waals surface area contributed by atoms with Crippen LogP contribution in [0, 0.1) is 0 Å². The third-order valence-corrected chi connectivity index (χ3v) is 9.91. The van der Waals surface area contributed by atoms with Crippen molar-refractivity contribution in [2.75, 3.05) is 18.9 Å². The highest BCUT2D eigenvalue weighted by Gasteiger charge is 2.49. The zero-order chi connectivity index (χ0) is 27.5. The summed E-state index contributed by atoms with van der Waals surface area (Å²) < 4.78 is 35.5. The summed E-state index contributed by atoms with van der Waals surface area (Å²) in [6.45, 7) is -4.49. The predicted molar refractivity (Wildman–Crippen MR) is 137 cm³/mol. The molecule has 0 spiro atoms. The Bertz CT molecular complexity index is 1630. The summed E-state index contributed by atoms with van der Waals surface area (Å²) in [6, 6.07) is 1.62. The molecule has 0 bridgehead atoms. The molecule has 4 aromatic heterocycles. The predicted octanol–water partition coefficient (Wildman–Crippen LogP) is -0.290. The molecule has 15 nitrogen and oxygen atoms in total. The highest BCUT2D eigenvalue weighted by atomic mass is 32.5. The van der Waals surface area contributed by atoms with E-state index in [0.29, 0.717) is 11.0 Å². The molecule has 6 rings (SSSR count). The number of alkyl halides is 1. The van der Waals surface area contributed by atoms with Gasteiger partial charge in [-0.05, 0) is 24.3 Å². The number of aromatic amines is 1. The molecule has 2 saturated heterocycles. The number of imidazole rings is 1. The number of anilines is 1. The molecule has 2 fully saturated rings. The van der Waals surface area contributed by atoms with Gasteiger partial charge in [-0.1, -0.05) is 0 Å². The first-order valence-corrected chi connectivity index (χ1v) is 14.6. The molecule has 4 aromatic rings. The van der Waals surface area contributed by atoms with Crippen molar-refractivity contribution < 1.29 is 33.5 Å². The Morgan fingerprint density at radius 1 is 1.23 bits per heavy atom. The number of ether oxygens (including phenoxy) is 2. The zero-order valence-electron chi connectivity index (χ0n) is 20.0. The van der Waals surface area contributed by atoms with E-state index in [0.717, 1.165) is 0 Å². The number of aliphatic hydroxyl groups is 2. The second-order valence-electron chi connectivity index (χ2n) is 9.27. The van der Waals surface area contributed by atoms with E-state index in [1.165, 1.54) is 34.3 Å². The van der Waals surface area contributed by atoms with E-state index in [1.807, 2.05) is 0 Å². The molecular weight excluding hydrogens is 558 g/mol. The number of hydrogen-bond acceptors (Lipinski definition) is 12. The number of aromatic nitrogens is 7. The Balaban J connectivity index is 1.21. The van der Waals surface area contributed by atoms with Crippen molar-refractivity contribution in [3.05, 3.63) is 41.6 Å². The first kappa shape index (κ1) is 26.3. The molecular formula is C21H24FN8O7PS. The van der Waals surface area contributed by atoms with Crippen LogP contribution in [0.15, 0.2) is 36.0 Å². The topological polar surface area (TPSA) is 209 Å². The van der Waals surface area contributed by atoms with Gasteiger partial charge in [-0.25, -0.2) is 24.3 Å². The van der Waals surface area contributed by atoms with Crippen molar-refractivity contribution in [3.8, 4) is 0 Å². The fourth-order valence-corrected chi connectivity index (χ4v) is 7.32. The van der Waals surface area contributed by atoms with E-state index < -0.39 is 61.3 Å². The second-order valence-corrected chi connectivity index (χ2v) is 12.9. The lowest BCUT2D eigenvalue weighted by Gasteiger charge is -2.28. The number of halogens is 1. The van der Waals surface area contributed by atoms with Crippen LogP contribution in [-0.4, -0.2) is 92.5 Å². The van der Waals surface area contributed by atoms with Crippen molar-refractivity contribution in [3.63, 3.8) is 0 Å². The molecule has 1 unspecified atom stereocenters. The van der Waals surface area contributed by atoms with E-state index in [9.17, 15) is 19.9 Å². The standard InChI is InChI=1S/C21H24FN8O7PS/c22-13-15(32)11(37-21(13)29-2-1-10-16(23)24-6-25-17(10)29)5-35-38(34,39)12-3-9(4-31)36-20(12)30-8-28-14-18(30)26-7-27-19(14)33/h1-2,6-9,11-13,15,20-21,31-32H,3-5H2,(H,34,39)(H2,23,24,25)(H,26,27,33)/t9-,11+,12+,13-,15+,20+,21+,38?/m0/s1. The van der Waals surface area contributed by atoms with Gasteiger partial charge in [0.2, 0.25) is 0 Å². The lowest BCUT2D eigenvalue weighted by atomic mass is 10.1. The van der Waals surface area contributed by atoms with Gasteiger partial charge in [0.1, 0.15) is 36.2 Å². The number of nitrogens with zero attached hydrogens (tertiary/aromatic N) is 6. The van der Waals surface area contributed by atoms with Crippen LogP contribution in [-0.2, 0) is 25.8 Å². The van der Waals surface area contributed by atoms with Gasteiger partial charge in [0.15, 0.2) is 30.1 Å². The molecule has 0 aromatic carbocycles. The molecule has 0 radical (unpaired) electrons. The monoisotopic (exact) mass is 582 g/mol. The quantitative estimate of drug-likeness (QED) is 0.178. The van der Waals surface area contributed by atoms with Gasteiger partial charge in [-0.15, -0.1) is 0 Å². The van der Waals surface area contributed by atoms with Crippen molar-refractivity contribution in [2.45, 2.75) is 49.0 Å². The molecule has 0 aliphatic carbocycles. The molecule has 208 valence electrons. The summed E-state index contributed by atoms with van der Waals surface area (Å²) in [5, 5.41) is 20.8. The average Bonchev–Trinajstić information content (AvgIpc) is 3.69. The molecule has 39 heavy (non-hydrogen) atoms. The maximum atomic E-state index is 15.2. The van der Waals surface area contributed by atoms with Gasteiger partial charge in [0, 0.05) is 6.20 Å². The third kappa shape index (κ3) is 4.44. The van der Waals surface area contributed by atoms with Gasteiger partial charge in [0.05, 0.1) is 43.0 Å². The van der Waals surface area contributed by atoms with Crippen molar-refractivity contribution in [1.29, 1.82) is 0 Å². The number of nitrogen functional groups attached to an aromatic ring is 1. The number of aliphatic hydroxyl groups excluding tert-OH is 2. The smallest absolute Gasteiger partial charge is 0.278 e. The van der Waals surface area contributed by atoms with E-state index in [4.69, 9.17) is 31.5 Å². The van der Waals surface area contributed by atoms with Crippen LogP contribution in [0.25, 0.3) is 22.2 Å². The minimum absolute atomic E-state index is 0.0616. The third-order valence-electron chi connectivity index (χ3n) is 6.96. The Hall–Kier alpha value is -2.89. The Labute approximate surface area is 223 Å². The molecule has 6 heterocycles. The van der Waals surface area contributed by atoms with E-state index in [2.05, 4.69) is 24.9 Å². The minimum Gasteiger partial charge on any atom is -0.394 e. The SMILES string of the molecule is Nc1ncnc2c1ccn2[C@@H]1O[C@H](COP(O)(=S)[C@@H]2C[C@@H](CO)O[C@H]2n2cnc3c(=O)[nH]cnc32)[C@@H](O)[C@@H]1F. The van der Waals surface area contributed by atoms with Gasteiger partial charge in [-0.3, -0.25) is 9.36 Å². The van der Waals surface area contributed by atoms with Crippen LogP contribution in [0.5, 0.6) is 0 Å². The van der Waals surface area contributed by atoms with Gasteiger partial charge in [0.25, 0.3) is 5.56 Å². The lowest BCUT2D eigenvalue weighted by molar-refractivity contribution is -0.0421. The summed E-state index contributed by atoms with van der Waals surface area (Å²) in [7, 11) is 0. The van der Waals surface area contributed by atoms with E-state index >= 15 is 4.39 Å². The van der Waals surface area contributed by atoms with Crippen LogP contribution in [0.3, 0.4) is 0 Å². The average molecular weight is 583 g/mol. The molecule has 2 aliphatic rings. The summed E-state index contributed by atoms with van der Waals surface area (Å²) in [6.07, 6.45) is -2.02. The fourth-order valence-electron chi connectivity index (χ4n) is 4.98. The summed E-state index contributed by atoms with van der Waals surface area (Å²) >= 11 is 5.49. The normalized spacial score (nSPS) is 30.8. The van der Waals surface area contributed by atoms with Crippen LogP contribution in [0.1, 0.15) is 18.9 Å². The number of nitrogens with one attached hydrogen (secondary N) is 1.